The van der Waals surface area contributed by atoms with E-state index < -0.39 is 28.4 Å². The van der Waals surface area contributed by atoms with Crippen LogP contribution in [-0.4, -0.2) is 68.8 Å². The van der Waals surface area contributed by atoms with Crippen molar-refractivity contribution in [3.63, 3.8) is 0 Å². The number of anilines is 2. The van der Waals surface area contributed by atoms with E-state index in [4.69, 9.17) is 21.1 Å². The Labute approximate surface area is 230 Å². The van der Waals surface area contributed by atoms with Gasteiger partial charge in [0.25, 0.3) is 0 Å². The smallest absolute Gasteiger partial charge is 0.320 e. The molecule has 1 heterocycles. The van der Waals surface area contributed by atoms with Crippen LogP contribution in [0.4, 0.5) is 21.6 Å². The molecule has 0 bridgehead atoms. The predicted molar refractivity (Wildman–Crippen MR) is 145 cm³/mol. The van der Waals surface area contributed by atoms with E-state index in [-0.39, 0.29) is 42.0 Å². The standard InChI is InChI=1S/C26H31ClFN5O6/c1-16(34)13-32(14-24(35)39-26(2,3)4)8-5-9-38-23-12-21-18(11-22(23)33(36)37)25(30-15-29-21)31-17-6-7-20(28)19(27)10-17/h6-7,10-12,15-16,34H,5,8-9,13-14H2,1-4H3,(H,29,30,31)/t16-/m1/s1. The molecule has 0 radical (unpaired) electrons. The van der Waals surface area contributed by atoms with Crippen molar-refractivity contribution in [2.24, 2.45) is 0 Å². The molecule has 0 saturated heterocycles. The molecule has 3 rings (SSSR count). The number of nitrogens with zero attached hydrogens (tertiary/aromatic N) is 4. The van der Waals surface area contributed by atoms with Gasteiger partial charge < -0.3 is 19.9 Å². The van der Waals surface area contributed by atoms with E-state index in [1.165, 1.54) is 36.7 Å². The van der Waals surface area contributed by atoms with E-state index in [2.05, 4.69) is 15.3 Å². The van der Waals surface area contributed by atoms with Crippen LogP contribution in [0.3, 0.4) is 0 Å². The molecular formula is C26H31ClFN5O6. The molecule has 0 unspecified atom stereocenters. The number of benzene rings is 2. The summed E-state index contributed by atoms with van der Waals surface area (Å²) in [5.41, 5.74) is -0.0805. The van der Waals surface area contributed by atoms with Gasteiger partial charge in [-0.25, -0.2) is 14.4 Å². The minimum Gasteiger partial charge on any atom is -0.487 e. The van der Waals surface area contributed by atoms with Gasteiger partial charge in [-0.3, -0.25) is 19.8 Å². The van der Waals surface area contributed by atoms with Crippen molar-refractivity contribution in [3.05, 3.63) is 57.6 Å². The number of carbonyl (C=O) groups is 1. The lowest BCUT2D eigenvalue weighted by Crippen LogP contribution is -2.39. The van der Waals surface area contributed by atoms with Crippen molar-refractivity contribution in [2.45, 2.75) is 45.8 Å². The normalized spacial score (nSPS) is 12.4. The van der Waals surface area contributed by atoms with Gasteiger partial charge in [0, 0.05) is 30.9 Å². The number of aromatic nitrogens is 2. The van der Waals surface area contributed by atoms with Crippen LogP contribution < -0.4 is 10.1 Å². The van der Waals surface area contributed by atoms with E-state index in [1.807, 2.05) is 0 Å². The molecule has 0 fully saturated rings. The first-order valence-electron chi connectivity index (χ1n) is 12.2. The van der Waals surface area contributed by atoms with E-state index in [1.54, 1.807) is 32.6 Å². The Hall–Kier alpha value is -3.61. The van der Waals surface area contributed by atoms with Crippen molar-refractivity contribution in [1.29, 1.82) is 0 Å². The molecule has 1 atom stereocenters. The first kappa shape index (κ1) is 29.9. The maximum absolute atomic E-state index is 13.5. The summed E-state index contributed by atoms with van der Waals surface area (Å²) < 4.78 is 24.6. The number of rotatable bonds is 12. The number of halogens is 2. The summed E-state index contributed by atoms with van der Waals surface area (Å²) in [5.74, 6) is -0.698. The van der Waals surface area contributed by atoms with Gasteiger partial charge in [-0.05, 0) is 52.3 Å². The van der Waals surface area contributed by atoms with Gasteiger partial charge in [-0.15, -0.1) is 0 Å². The third kappa shape index (κ3) is 8.98. The monoisotopic (exact) mass is 563 g/mol. The molecule has 39 heavy (non-hydrogen) atoms. The highest BCUT2D eigenvalue weighted by Gasteiger charge is 2.22. The highest BCUT2D eigenvalue weighted by atomic mass is 35.5. The van der Waals surface area contributed by atoms with Crippen LogP contribution in [0.5, 0.6) is 5.75 Å². The van der Waals surface area contributed by atoms with Gasteiger partial charge in [0.15, 0.2) is 5.75 Å². The molecule has 2 aromatic carbocycles. The Morgan fingerprint density at radius 2 is 2.03 bits per heavy atom. The molecule has 0 spiro atoms. The molecule has 11 nitrogen and oxygen atoms in total. The summed E-state index contributed by atoms with van der Waals surface area (Å²) >= 11 is 5.85. The number of aliphatic hydroxyl groups excluding tert-OH is 1. The Bertz CT molecular complexity index is 1330. The predicted octanol–water partition coefficient (Wildman–Crippen LogP) is 4.87. The zero-order chi connectivity index (χ0) is 28.7. The molecule has 1 aromatic heterocycles. The number of hydrogen-bond donors (Lipinski definition) is 2. The third-order valence-electron chi connectivity index (χ3n) is 5.27. The van der Waals surface area contributed by atoms with Crippen molar-refractivity contribution in [1.82, 2.24) is 14.9 Å². The summed E-state index contributed by atoms with van der Waals surface area (Å²) in [4.78, 5) is 33.6. The van der Waals surface area contributed by atoms with Crippen LogP contribution in [0.2, 0.25) is 5.02 Å². The molecular weight excluding hydrogens is 533 g/mol. The number of esters is 1. The number of fused-ring (bicyclic) bond motifs is 1. The Morgan fingerprint density at radius 1 is 1.28 bits per heavy atom. The Balaban J connectivity index is 1.72. The number of ether oxygens (including phenoxy) is 2. The summed E-state index contributed by atoms with van der Waals surface area (Å²) in [7, 11) is 0. The average molecular weight is 564 g/mol. The van der Waals surface area contributed by atoms with Gasteiger partial charge in [-0.2, -0.15) is 0 Å². The van der Waals surface area contributed by atoms with Crippen LogP contribution in [0.1, 0.15) is 34.1 Å². The fraction of sp³-hybridized carbons (Fsp3) is 0.423. The highest BCUT2D eigenvalue weighted by Crippen LogP contribution is 2.35. The van der Waals surface area contributed by atoms with Gasteiger partial charge in [-0.1, -0.05) is 11.6 Å². The van der Waals surface area contributed by atoms with Crippen molar-refractivity contribution in [3.8, 4) is 5.75 Å². The average Bonchev–Trinajstić information content (AvgIpc) is 2.82. The molecule has 0 aliphatic carbocycles. The van der Waals surface area contributed by atoms with Gasteiger partial charge >= 0.3 is 11.7 Å². The van der Waals surface area contributed by atoms with Crippen LogP contribution in [0, 0.1) is 15.9 Å². The lowest BCUT2D eigenvalue weighted by Gasteiger charge is -2.25. The topological polar surface area (TPSA) is 140 Å². The first-order chi connectivity index (χ1) is 18.3. The maximum Gasteiger partial charge on any atom is 0.320 e. The molecule has 0 amide bonds. The first-order valence-corrected chi connectivity index (χ1v) is 12.6. The zero-order valence-electron chi connectivity index (χ0n) is 22.1. The van der Waals surface area contributed by atoms with Crippen LogP contribution in [-0.2, 0) is 9.53 Å². The van der Waals surface area contributed by atoms with Gasteiger partial charge in [0.05, 0.1) is 40.1 Å². The fourth-order valence-corrected chi connectivity index (χ4v) is 3.96. The largest absolute Gasteiger partial charge is 0.487 e. The number of nitro benzene ring substituents is 1. The summed E-state index contributed by atoms with van der Waals surface area (Å²) in [6.07, 6.45) is 1.05. The van der Waals surface area contributed by atoms with E-state index >= 15 is 0 Å². The molecule has 0 saturated carbocycles. The minimum absolute atomic E-state index is 0.00967. The zero-order valence-corrected chi connectivity index (χ0v) is 22.9. The van der Waals surface area contributed by atoms with Crippen LogP contribution in [0.25, 0.3) is 10.9 Å². The Kier molecular flexibility index (Phi) is 9.95. The molecule has 2 N–H and O–H groups in total. The van der Waals surface area contributed by atoms with Crippen molar-refractivity contribution in [2.75, 3.05) is 31.6 Å². The SMILES string of the molecule is C[C@@H](O)CN(CCCOc1cc2ncnc(Nc3ccc(F)c(Cl)c3)c2cc1[N+](=O)[O-])CC(=O)OC(C)(C)C. The molecule has 0 aliphatic rings. The fourth-order valence-electron chi connectivity index (χ4n) is 3.78. The van der Waals surface area contributed by atoms with Crippen LogP contribution >= 0.6 is 11.6 Å². The summed E-state index contributed by atoms with van der Waals surface area (Å²) in [6, 6.07) is 6.79. The lowest BCUT2D eigenvalue weighted by molar-refractivity contribution is -0.385. The quantitative estimate of drug-likeness (QED) is 0.136. The van der Waals surface area contributed by atoms with Gasteiger partial charge in [0.1, 0.15) is 23.6 Å². The van der Waals surface area contributed by atoms with E-state index in [0.717, 1.165) is 0 Å². The second kappa shape index (κ2) is 13.0. The second-order valence-electron chi connectivity index (χ2n) is 9.94. The number of aliphatic hydroxyl groups is 1. The Morgan fingerprint density at radius 3 is 2.67 bits per heavy atom. The number of nitro groups is 1. The minimum atomic E-state index is -0.664. The molecule has 13 heteroatoms. The van der Waals surface area contributed by atoms with Crippen molar-refractivity contribution >= 4 is 45.7 Å². The third-order valence-corrected chi connectivity index (χ3v) is 5.56. The van der Waals surface area contributed by atoms with Crippen LogP contribution in [0.15, 0.2) is 36.7 Å². The summed E-state index contributed by atoms with van der Waals surface area (Å²) in [6.45, 7) is 7.69. The molecule has 0 aliphatic heterocycles. The summed E-state index contributed by atoms with van der Waals surface area (Å²) in [5, 5.41) is 24.9. The second-order valence-corrected chi connectivity index (χ2v) is 10.4. The molecule has 3 aromatic rings. The number of carbonyl (C=O) groups excluding carboxylic acids is 1. The lowest BCUT2D eigenvalue weighted by atomic mass is 10.2. The molecule has 210 valence electrons. The van der Waals surface area contributed by atoms with Gasteiger partial charge in [0.2, 0.25) is 0 Å². The highest BCUT2D eigenvalue weighted by molar-refractivity contribution is 6.31. The van der Waals surface area contributed by atoms with E-state index in [9.17, 15) is 24.4 Å². The van der Waals surface area contributed by atoms with Crippen molar-refractivity contribution < 1.29 is 28.7 Å². The number of nitrogens with one attached hydrogen (secondary N) is 1. The maximum atomic E-state index is 13.5. The van der Waals surface area contributed by atoms with E-state index in [0.29, 0.717) is 29.6 Å². The number of hydrogen-bond acceptors (Lipinski definition) is 10.